The molecule has 0 fully saturated rings. The van der Waals surface area contributed by atoms with Crippen molar-refractivity contribution in [3.8, 4) is 0 Å². The lowest BCUT2D eigenvalue weighted by Gasteiger charge is -2.14. The molecule has 0 saturated carbocycles. The van der Waals surface area contributed by atoms with Gasteiger partial charge in [0.2, 0.25) is 17.7 Å². The molecule has 2 atom stereocenters. The maximum Gasteiger partial charge on any atom is 0.326 e. The van der Waals surface area contributed by atoms with Gasteiger partial charge in [-0.2, -0.15) is 0 Å². The molecule has 0 aromatic carbocycles. The van der Waals surface area contributed by atoms with Crippen molar-refractivity contribution >= 4 is 41.2 Å². The van der Waals surface area contributed by atoms with Gasteiger partial charge in [0.1, 0.15) is 25.0 Å². The van der Waals surface area contributed by atoms with Gasteiger partial charge in [0.05, 0.1) is 45.6 Å². The van der Waals surface area contributed by atoms with E-state index in [2.05, 4.69) is 21.3 Å². The summed E-state index contributed by atoms with van der Waals surface area (Å²) in [6.07, 6.45) is 18.6. The molecular formula is C44H81N5O13. The van der Waals surface area contributed by atoms with Crippen LogP contribution in [0.25, 0.3) is 0 Å². The summed E-state index contributed by atoms with van der Waals surface area (Å²) < 4.78 is 21.4. The largest absolute Gasteiger partial charge is 0.481 e. The number of amides is 3. The van der Waals surface area contributed by atoms with Gasteiger partial charge in [-0.15, -0.1) is 0 Å². The molecule has 0 aromatic heterocycles. The van der Waals surface area contributed by atoms with E-state index in [1.807, 2.05) is 0 Å². The number of Topliss-reactive ketones (excluding diaryl/α,β-unsaturated/α-hetero) is 2. The van der Waals surface area contributed by atoms with Crippen LogP contribution >= 0.6 is 0 Å². The van der Waals surface area contributed by atoms with E-state index in [1.54, 1.807) is 7.05 Å². The van der Waals surface area contributed by atoms with Gasteiger partial charge in [0.15, 0.2) is 5.78 Å². The summed E-state index contributed by atoms with van der Waals surface area (Å²) in [6, 6.07) is -1.36. The predicted octanol–water partition coefficient (Wildman–Crippen LogP) is 3.60. The smallest absolute Gasteiger partial charge is 0.326 e. The third kappa shape index (κ3) is 39.3. The Morgan fingerprint density at radius 1 is 0.484 bits per heavy atom. The quantitative estimate of drug-likeness (QED) is 0.0431. The Labute approximate surface area is 369 Å². The monoisotopic (exact) mass is 888 g/mol. The zero-order valence-electron chi connectivity index (χ0n) is 37.7. The van der Waals surface area contributed by atoms with Crippen LogP contribution in [0.3, 0.4) is 0 Å². The van der Waals surface area contributed by atoms with E-state index in [9.17, 15) is 38.7 Å². The number of rotatable bonds is 47. The number of aliphatic carboxylic acids is 2. The van der Waals surface area contributed by atoms with E-state index >= 15 is 0 Å². The fourth-order valence-electron chi connectivity index (χ4n) is 6.45. The average molecular weight is 888 g/mol. The Hall–Kier alpha value is -3.55. The topological polar surface area (TPSA) is 271 Å². The molecule has 0 heterocycles. The minimum Gasteiger partial charge on any atom is -0.481 e. The Morgan fingerprint density at radius 3 is 1.50 bits per heavy atom. The number of nitrogens with one attached hydrogen (secondary N) is 4. The van der Waals surface area contributed by atoms with E-state index in [0.717, 1.165) is 51.4 Å². The zero-order chi connectivity index (χ0) is 45.9. The molecular weight excluding hydrogens is 807 g/mol. The summed E-state index contributed by atoms with van der Waals surface area (Å²) in [5.41, 5.74) is 5.39. The fraction of sp³-hybridized carbons (Fsp3) is 0.841. The number of carbonyl (C=O) groups is 7. The number of carbonyl (C=O) groups excluding carboxylic acids is 5. The van der Waals surface area contributed by atoms with E-state index in [4.69, 9.17) is 29.8 Å². The highest BCUT2D eigenvalue weighted by Gasteiger charge is 2.21. The second-order valence-corrected chi connectivity index (χ2v) is 15.5. The molecule has 3 amide bonds. The van der Waals surface area contributed by atoms with E-state index in [0.29, 0.717) is 32.4 Å². The number of hydrogen-bond donors (Lipinski definition) is 7. The van der Waals surface area contributed by atoms with E-state index in [1.165, 1.54) is 44.9 Å². The Balaban J connectivity index is 3.66. The number of carboxylic acids is 2. The third-order valence-corrected chi connectivity index (χ3v) is 10.1. The number of hydrogen-bond acceptors (Lipinski definition) is 13. The molecule has 0 aromatic rings. The van der Waals surface area contributed by atoms with Crippen LogP contribution in [0.1, 0.15) is 148 Å². The highest BCUT2D eigenvalue weighted by molar-refractivity contribution is 5.86. The number of unbranched alkanes of at least 4 members (excludes halogenated alkanes) is 14. The maximum absolute atomic E-state index is 12.3. The van der Waals surface area contributed by atoms with Crippen molar-refractivity contribution in [3.05, 3.63) is 0 Å². The molecule has 18 heteroatoms. The molecule has 8 N–H and O–H groups in total. The first-order valence-corrected chi connectivity index (χ1v) is 23.0. The Morgan fingerprint density at radius 2 is 0.984 bits per heavy atom. The van der Waals surface area contributed by atoms with Crippen LogP contribution in [0.4, 0.5) is 0 Å². The van der Waals surface area contributed by atoms with E-state index < -0.39 is 18.0 Å². The minimum absolute atomic E-state index is 0.00351. The molecule has 0 radical (unpaired) electrons. The van der Waals surface area contributed by atoms with Crippen LogP contribution in [-0.2, 0) is 52.5 Å². The van der Waals surface area contributed by atoms with Crippen LogP contribution in [0.5, 0.6) is 0 Å². The van der Waals surface area contributed by atoms with Gasteiger partial charge in [-0.05, 0) is 52.0 Å². The molecule has 360 valence electrons. The molecule has 0 aliphatic heterocycles. The summed E-state index contributed by atoms with van der Waals surface area (Å²) in [4.78, 5) is 82.3. The summed E-state index contributed by atoms with van der Waals surface area (Å²) in [6.45, 7) is 2.03. The van der Waals surface area contributed by atoms with Crippen LogP contribution in [-0.4, -0.2) is 143 Å². The molecule has 0 saturated heterocycles. The van der Waals surface area contributed by atoms with Crippen molar-refractivity contribution < 1.29 is 62.7 Å². The Kier molecular flexibility index (Phi) is 40.3. The average Bonchev–Trinajstić information content (AvgIpc) is 3.24. The summed E-state index contributed by atoms with van der Waals surface area (Å²) in [7, 11) is 1.72. The van der Waals surface area contributed by atoms with Crippen molar-refractivity contribution in [2.45, 2.75) is 160 Å². The van der Waals surface area contributed by atoms with Gasteiger partial charge in [0.25, 0.3) is 0 Å². The number of likely N-dealkylation sites (N-methyl/N-ethyl adjacent to an activating group) is 1. The van der Waals surface area contributed by atoms with Gasteiger partial charge in [-0.25, -0.2) is 4.79 Å². The lowest BCUT2D eigenvalue weighted by molar-refractivity contribution is -0.142. The molecule has 0 aliphatic carbocycles. The van der Waals surface area contributed by atoms with Crippen LogP contribution in [0.15, 0.2) is 0 Å². The maximum atomic E-state index is 12.3. The first-order valence-electron chi connectivity index (χ1n) is 23.0. The fourth-order valence-corrected chi connectivity index (χ4v) is 6.45. The van der Waals surface area contributed by atoms with Gasteiger partial charge in [-0.1, -0.05) is 77.0 Å². The van der Waals surface area contributed by atoms with Crippen molar-refractivity contribution in [2.24, 2.45) is 5.73 Å². The standard InChI is InChI=1S/C44H81N5O13/c1-46-37(39(51)33-45)20-16-17-25-47-41(53)34-62-32-30-60-28-26-48-42(54)35-61-31-29-59-27-18-19-36(50)23-24-38(44(57)58)49-40(52)21-14-12-10-8-6-4-2-3-5-7-9-11-13-15-22-43(55)56/h37-38,46H,2-35,45H2,1H3,(H,47,53)(H,48,54)(H,49,52)(H,55,56)(H,57,58)/t37-,38-/m0/s1. The van der Waals surface area contributed by atoms with Crippen LogP contribution in [0.2, 0.25) is 0 Å². The third-order valence-electron chi connectivity index (χ3n) is 10.1. The lowest BCUT2D eigenvalue weighted by Crippen LogP contribution is -2.41. The van der Waals surface area contributed by atoms with Crippen LogP contribution in [0, 0.1) is 0 Å². The first kappa shape index (κ1) is 58.5. The molecule has 0 bridgehead atoms. The second-order valence-electron chi connectivity index (χ2n) is 15.5. The molecule has 62 heavy (non-hydrogen) atoms. The highest BCUT2D eigenvalue weighted by atomic mass is 16.5. The normalized spacial score (nSPS) is 12.1. The van der Waals surface area contributed by atoms with Crippen molar-refractivity contribution in [2.75, 3.05) is 79.5 Å². The number of carboxylic acid groups (broad SMARTS) is 2. The van der Waals surface area contributed by atoms with Crippen LogP contribution < -0.4 is 27.0 Å². The zero-order valence-corrected chi connectivity index (χ0v) is 37.7. The van der Waals surface area contributed by atoms with Crippen molar-refractivity contribution in [1.82, 2.24) is 21.3 Å². The van der Waals surface area contributed by atoms with E-state index in [-0.39, 0.29) is 127 Å². The van der Waals surface area contributed by atoms with Gasteiger partial charge >= 0.3 is 11.9 Å². The minimum atomic E-state index is -1.16. The predicted molar refractivity (Wildman–Crippen MR) is 235 cm³/mol. The van der Waals surface area contributed by atoms with Gasteiger partial charge < -0.3 is 56.2 Å². The SMILES string of the molecule is CN[C@@H](CCCCNC(=O)COCCOCCNC(=O)COCCOCCCC(=O)CC[C@H](NC(=O)CCCCCCCCCCCCCCCCC(=O)O)C(=O)O)C(=O)CN. The summed E-state index contributed by atoms with van der Waals surface area (Å²) in [5.74, 6) is -2.86. The van der Waals surface area contributed by atoms with Gasteiger partial charge in [0, 0.05) is 45.4 Å². The molecule has 0 spiro atoms. The lowest BCUT2D eigenvalue weighted by atomic mass is 10.0. The Bertz CT molecular complexity index is 1210. The second kappa shape index (κ2) is 42.7. The van der Waals surface area contributed by atoms with Crippen molar-refractivity contribution in [1.29, 1.82) is 0 Å². The number of ketones is 2. The summed E-state index contributed by atoms with van der Waals surface area (Å²) >= 11 is 0. The van der Waals surface area contributed by atoms with Crippen molar-refractivity contribution in [3.63, 3.8) is 0 Å². The first-order chi connectivity index (χ1) is 30.0. The summed E-state index contributed by atoms with van der Waals surface area (Å²) in [5, 5.41) is 29.1. The molecule has 0 aliphatic rings. The highest BCUT2D eigenvalue weighted by Crippen LogP contribution is 2.14. The molecule has 0 rings (SSSR count). The molecule has 18 nitrogen and oxygen atoms in total. The van der Waals surface area contributed by atoms with Gasteiger partial charge in [-0.3, -0.25) is 28.8 Å². The number of nitrogens with two attached hydrogens (primary N) is 1. The number of ether oxygens (including phenoxy) is 4. The molecule has 0 unspecified atom stereocenters.